The van der Waals surface area contributed by atoms with E-state index in [1.54, 1.807) is 10.7 Å². The van der Waals surface area contributed by atoms with Crippen LogP contribution in [0.3, 0.4) is 0 Å². The van der Waals surface area contributed by atoms with Gasteiger partial charge < -0.3 is 15.1 Å². The van der Waals surface area contributed by atoms with Crippen LogP contribution in [0.5, 0.6) is 0 Å². The minimum absolute atomic E-state index is 0.451. The molecule has 7 heteroatoms. The highest BCUT2D eigenvalue weighted by Crippen LogP contribution is 2.31. The topological polar surface area (TPSA) is 80.1 Å². The second kappa shape index (κ2) is 7.44. The van der Waals surface area contributed by atoms with Crippen molar-refractivity contribution in [1.82, 2.24) is 19.9 Å². The summed E-state index contributed by atoms with van der Waals surface area (Å²) in [7, 11) is 0. The summed E-state index contributed by atoms with van der Waals surface area (Å²) in [5.74, 6) is 1.26. The summed E-state index contributed by atoms with van der Waals surface area (Å²) < 4.78 is 2.65. The molecule has 1 aliphatic heterocycles. The molecule has 26 heavy (non-hydrogen) atoms. The molecule has 4 rings (SSSR count). The molecule has 1 aliphatic rings. The van der Waals surface area contributed by atoms with E-state index in [1.165, 1.54) is 0 Å². The highest BCUT2D eigenvalue weighted by atomic mass is 79.9. The number of nitriles is 1. The highest BCUT2D eigenvalue weighted by molar-refractivity contribution is 9.10. The average molecular weight is 410 g/mol. The number of hydrogen-bond donors (Lipinski definition) is 1. The largest absolute Gasteiger partial charge is 0.459 e. The van der Waals surface area contributed by atoms with Crippen LogP contribution in [-0.2, 0) is 6.54 Å². The highest BCUT2D eigenvalue weighted by Gasteiger charge is 2.17. The molecule has 0 saturated carbocycles. The molecule has 1 aromatic carbocycles. The van der Waals surface area contributed by atoms with Crippen LogP contribution in [0.1, 0.15) is 35.6 Å². The van der Waals surface area contributed by atoms with Crippen molar-refractivity contribution in [2.75, 3.05) is 13.1 Å². The van der Waals surface area contributed by atoms with E-state index >= 15 is 0 Å². The van der Waals surface area contributed by atoms with Crippen LogP contribution in [0.2, 0.25) is 0 Å². The monoisotopic (exact) mass is 409 g/mol. The summed E-state index contributed by atoms with van der Waals surface area (Å²) in [5.41, 5.74) is 3.60. The summed E-state index contributed by atoms with van der Waals surface area (Å²) in [6, 6.07) is 11.7. The van der Waals surface area contributed by atoms with Crippen molar-refractivity contribution >= 4 is 27.4 Å². The van der Waals surface area contributed by atoms with Crippen molar-refractivity contribution in [2.24, 2.45) is 0 Å². The zero-order chi connectivity index (χ0) is 17.9. The molecule has 0 amide bonds. The van der Waals surface area contributed by atoms with Crippen LogP contribution in [-0.4, -0.2) is 27.7 Å². The maximum Gasteiger partial charge on any atom is 0.0991 e. The third-order valence-corrected chi connectivity index (χ3v) is 5.25. The SMILES string of the molecule is N#Cc1ccc(C[N-]c2cc(C3CCNCC3)nc3c(Br)cnn23)cc1. The first-order chi connectivity index (χ1) is 12.7. The Morgan fingerprint density at radius 1 is 1.27 bits per heavy atom. The van der Waals surface area contributed by atoms with Gasteiger partial charge in [0.2, 0.25) is 0 Å². The molecule has 0 bridgehead atoms. The number of fused-ring (bicyclic) bond motifs is 1. The van der Waals surface area contributed by atoms with Crippen molar-refractivity contribution in [3.63, 3.8) is 0 Å². The zero-order valence-electron chi connectivity index (χ0n) is 14.2. The number of benzene rings is 1. The third kappa shape index (κ3) is 3.43. The van der Waals surface area contributed by atoms with Gasteiger partial charge in [0.15, 0.2) is 0 Å². The van der Waals surface area contributed by atoms with Crippen molar-refractivity contribution in [2.45, 2.75) is 25.3 Å². The number of nitrogens with zero attached hydrogens (tertiary/aromatic N) is 5. The Labute approximate surface area is 160 Å². The third-order valence-electron chi connectivity index (χ3n) is 4.69. The Kier molecular flexibility index (Phi) is 4.87. The Morgan fingerprint density at radius 2 is 2.04 bits per heavy atom. The predicted octanol–water partition coefficient (Wildman–Crippen LogP) is 4.04. The predicted molar refractivity (Wildman–Crippen MR) is 103 cm³/mol. The summed E-state index contributed by atoms with van der Waals surface area (Å²) in [6.45, 7) is 2.58. The smallest absolute Gasteiger partial charge is 0.0991 e. The van der Waals surface area contributed by atoms with E-state index < -0.39 is 0 Å². The van der Waals surface area contributed by atoms with Gasteiger partial charge in [-0.3, -0.25) is 10.1 Å². The fraction of sp³-hybridized carbons (Fsp3) is 0.316. The van der Waals surface area contributed by atoms with Gasteiger partial charge in [-0.2, -0.15) is 5.26 Å². The van der Waals surface area contributed by atoms with Crippen LogP contribution in [0.25, 0.3) is 11.0 Å². The second-order valence-corrected chi connectivity index (χ2v) is 7.27. The quantitative estimate of drug-likeness (QED) is 0.704. The lowest BCUT2D eigenvalue weighted by Crippen LogP contribution is -2.27. The minimum Gasteiger partial charge on any atom is -0.459 e. The lowest BCUT2D eigenvalue weighted by atomic mass is 9.94. The first kappa shape index (κ1) is 17.0. The van der Waals surface area contributed by atoms with Crippen molar-refractivity contribution in [3.05, 3.63) is 63.1 Å². The van der Waals surface area contributed by atoms with Gasteiger partial charge >= 0.3 is 0 Å². The first-order valence-corrected chi connectivity index (χ1v) is 9.45. The number of halogens is 1. The lowest BCUT2D eigenvalue weighted by Gasteiger charge is -2.25. The lowest BCUT2D eigenvalue weighted by molar-refractivity contribution is 0.453. The molecule has 0 unspecified atom stereocenters. The molecule has 1 saturated heterocycles. The van der Waals surface area contributed by atoms with Gasteiger partial charge in [-0.05, 0) is 78.0 Å². The van der Waals surface area contributed by atoms with Crippen LogP contribution in [0.15, 0.2) is 41.0 Å². The second-order valence-electron chi connectivity index (χ2n) is 6.42. The van der Waals surface area contributed by atoms with Crippen LogP contribution in [0.4, 0.5) is 5.82 Å². The fourth-order valence-electron chi connectivity index (χ4n) is 3.23. The molecule has 2 aromatic heterocycles. The van der Waals surface area contributed by atoms with Gasteiger partial charge in [-0.1, -0.05) is 12.1 Å². The van der Waals surface area contributed by atoms with Crippen molar-refractivity contribution < 1.29 is 0 Å². The van der Waals surface area contributed by atoms with E-state index in [9.17, 15) is 0 Å². The van der Waals surface area contributed by atoms with Crippen molar-refractivity contribution in [3.8, 4) is 6.07 Å². The maximum absolute atomic E-state index is 8.91. The molecule has 0 aliphatic carbocycles. The molecule has 0 radical (unpaired) electrons. The Bertz CT molecular complexity index is 951. The Morgan fingerprint density at radius 3 is 2.77 bits per heavy atom. The van der Waals surface area contributed by atoms with Gasteiger partial charge in [0, 0.05) is 17.8 Å². The maximum atomic E-state index is 8.91. The molecule has 3 heterocycles. The standard InChI is InChI=1S/C19H18BrN6/c20-16-12-24-26-18(23-11-14-3-1-13(10-21)2-4-14)9-17(25-19(16)26)15-5-7-22-8-6-15/h1-4,9,12,15,22H,5-8,11H2/q-1. The fourth-order valence-corrected chi connectivity index (χ4v) is 3.58. The van der Waals surface area contributed by atoms with Gasteiger partial charge in [0.1, 0.15) is 0 Å². The van der Waals surface area contributed by atoms with E-state index in [4.69, 9.17) is 15.6 Å². The van der Waals surface area contributed by atoms with Gasteiger partial charge in [0.25, 0.3) is 0 Å². The number of hydrogen-bond acceptors (Lipinski definition) is 4. The number of piperidine rings is 1. The molecule has 0 spiro atoms. The summed E-state index contributed by atoms with van der Waals surface area (Å²) in [5, 5.41) is 21.5. The Hall–Kier alpha value is -2.43. The van der Waals surface area contributed by atoms with E-state index in [0.717, 1.165) is 53.1 Å². The van der Waals surface area contributed by atoms with Gasteiger partial charge in [-0.15, -0.1) is 0 Å². The number of nitrogens with one attached hydrogen (secondary N) is 1. The summed E-state index contributed by atoms with van der Waals surface area (Å²) in [4.78, 5) is 4.83. The minimum atomic E-state index is 0.451. The van der Waals surface area contributed by atoms with E-state index in [1.807, 2.05) is 24.3 Å². The molecule has 1 fully saturated rings. The van der Waals surface area contributed by atoms with E-state index in [0.29, 0.717) is 18.0 Å². The van der Waals surface area contributed by atoms with Crippen LogP contribution < -0.4 is 5.32 Å². The van der Waals surface area contributed by atoms with Crippen LogP contribution in [0, 0.1) is 11.3 Å². The average Bonchev–Trinajstić information content (AvgIpc) is 3.08. The molecule has 0 atom stereocenters. The number of rotatable bonds is 4. The van der Waals surface area contributed by atoms with E-state index in [2.05, 4.69) is 38.5 Å². The van der Waals surface area contributed by atoms with Gasteiger partial charge in [0.05, 0.1) is 21.8 Å². The van der Waals surface area contributed by atoms with Gasteiger partial charge in [-0.25, -0.2) is 0 Å². The van der Waals surface area contributed by atoms with E-state index in [-0.39, 0.29) is 0 Å². The zero-order valence-corrected chi connectivity index (χ0v) is 15.8. The molecular formula is C19H18BrN6-. The normalized spacial score (nSPS) is 15.1. The van der Waals surface area contributed by atoms with Crippen molar-refractivity contribution in [1.29, 1.82) is 5.26 Å². The molecule has 3 aromatic rings. The molecule has 132 valence electrons. The van der Waals surface area contributed by atoms with Crippen LogP contribution >= 0.6 is 15.9 Å². The molecular weight excluding hydrogens is 392 g/mol. The summed E-state index contributed by atoms with van der Waals surface area (Å²) >= 11 is 3.54. The number of aromatic nitrogens is 3. The molecule has 1 N–H and O–H groups in total. The Balaban J connectivity index is 1.63. The first-order valence-electron chi connectivity index (χ1n) is 8.66. The molecule has 6 nitrogen and oxygen atoms in total. The summed E-state index contributed by atoms with van der Waals surface area (Å²) in [6.07, 6.45) is 3.93.